The van der Waals surface area contributed by atoms with Crippen LogP contribution in [0.4, 0.5) is 21.9 Å². The average Bonchev–Trinajstić information content (AvgIpc) is 3.24. The molecule has 0 radical (unpaired) electrons. The molecule has 0 bridgehead atoms. The lowest BCUT2D eigenvalue weighted by atomic mass is 10.1. The number of amides is 3. The van der Waals surface area contributed by atoms with Crippen LogP contribution in [0.3, 0.4) is 0 Å². The number of hydrogen-bond donors (Lipinski definition) is 2. The fourth-order valence-corrected chi connectivity index (χ4v) is 3.47. The molecule has 1 aliphatic rings. The van der Waals surface area contributed by atoms with Crippen LogP contribution >= 0.6 is 0 Å². The Morgan fingerprint density at radius 1 is 1.10 bits per heavy atom. The number of nitro groups is 1. The predicted molar refractivity (Wildman–Crippen MR) is 113 cm³/mol. The number of rotatable bonds is 5. The van der Waals surface area contributed by atoms with E-state index in [1.54, 1.807) is 31.2 Å². The number of hydrogen-bond acceptors (Lipinski definition) is 6. The van der Waals surface area contributed by atoms with E-state index in [1.165, 1.54) is 30.2 Å². The van der Waals surface area contributed by atoms with Crippen LogP contribution < -0.4 is 10.6 Å². The molecule has 1 unspecified atom stereocenters. The van der Waals surface area contributed by atoms with Gasteiger partial charge in [-0.15, -0.1) is 0 Å². The van der Waals surface area contributed by atoms with Gasteiger partial charge in [0, 0.05) is 35.1 Å². The Labute approximate surface area is 178 Å². The highest BCUT2D eigenvalue weighted by molar-refractivity contribution is 6.02. The molecule has 0 spiro atoms. The van der Waals surface area contributed by atoms with Gasteiger partial charge in [0.25, 0.3) is 11.6 Å². The fraction of sp³-hybridized carbons (Fsp3) is 0.286. The molecular formula is C21H22N4O6. The first-order valence-electron chi connectivity index (χ1n) is 9.62. The summed E-state index contributed by atoms with van der Waals surface area (Å²) < 4.78 is 4.52. The number of benzene rings is 2. The molecule has 3 rings (SSSR count). The SMILES string of the molecule is COC(=O)Nc1ccc(NC(=O)C2CCCN2C(=O)c2ccc([N+](=O)[O-])c(C)c2)cc1. The minimum atomic E-state index is -0.643. The van der Waals surface area contributed by atoms with Crippen molar-refractivity contribution in [2.24, 2.45) is 0 Å². The molecule has 2 aromatic carbocycles. The summed E-state index contributed by atoms with van der Waals surface area (Å²) in [6.07, 6.45) is 0.599. The number of nitrogens with zero attached hydrogens (tertiary/aromatic N) is 2. The zero-order valence-corrected chi connectivity index (χ0v) is 17.1. The van der Waals surface area contributed by atoms with Crippen LogP contribution in [-0.2, 0) is 9.53 Å². The second-order valence-electron chi connectivity index (χ2n) is 7.10. The Morgan fingerprint density at radius 2 is 1.74 bits per heavy atom. The number of carbonyl (C=O) groups excluding carboxylic acids is 3. The summed E-state index contributed by atoms with van der Waals surface area (Å²) >= 11 is 0. The Morgan fingerprint density at radius 3 is 2.32 bits per heavy atom. The summed E-state index contributed by atoms with van der Waals surface area (Å²) in [5.41, 5.74) is 1.66. The molecule has 1 atom stereocenters. The van der Waals surface area contributed by atoms with Crippen molar-refractivity contribution in [1.29, 1.82) is 0 Å². The molecule has 0 aromatic heterocycles. The number of likely N-dealkylation sites (tertiary alicyclic amines) is 1. The van der Waals surface area contributed by atoms with Gasteiger partial charge in [-0.05, 0) is 56.2 Å². The van der Waals surface area contributed by atoms with Gasteiger partial charge in [-0.25, -0.2) is 4.79 Å². The van der Waals surface area contributed by atoms with E-state index in [9.17, 15) is 24.5 Å². The van der Waals surface area contributed by atoms with Gasteiger partial charge >= 0.3 is 6.09 Å². The summed E-state index contributed by atoms with van der Waals surface area (Å²) in [5, 5.41) is 16.3. The minimum absolute atomic E-state index is 0.0580. The normalized spacial score (nSPS) is 15.3. The van der Waals surface area contributed by atoms with Gasteiger partial charge in [0.2, 0.25) is 5.91 Å². The van der Waals surface area contributed by atoms with Crippen molar-refractivity contribution in [2.75, 3.05) is 24.3 Å². The lowest BCUT2D eigenvalue weighted by Crippen LogP contribution is -2.43. The molecule has 10 nitrogen and oxygen atoms in total. The molecule has 1 saturated heterocycles. The first-order chi connectivity index (χ1) is 14.8. The van der Waals surface area contributed by atoms with E-state index in [0.29, 0.717) is 41.9 Å². The van der Waals surface area contributed by atoms with Crippen molar-refractivity contribution in [3.05, 3.63) is 63.7 Å². The maximum absolute atomic E-state index is 12.9. The summed E-state index contributed by atoms with van der Waals surface area (Å²) in [5.74, 6) is -0.661. The summed E-state index contributed by atoms with van der Waals surface area (Å²) in [6.45, 7) is 2.00. The Bertz CT molecular complexity index is 1020. The second-order valence-corrected chi connectivity index (χ2v) is 7.10. The van der Waals surface area contributed by atoms with Crippen molar-refractivity contribution in [2.45, 2.75) is 25.8 Å². The first kappa shape index (κ1) is 21.8. The Kier molecular flexibility index (Phi) is 6.49. The van der Waals surface area contributed by atoms with Gasteiger partial charge in [0.15, 0.2) is 0 Å². The molecule has 2 N–H and O–H groups in total. The van der Waals surface area contributed by atoms with Gasteiger partial charge in [-0.3, -0.25) is 25.0 Å². The Hall–Kier alpha value is -3.95. The average molecular weight is 426 g/mol. The summed E-state index contributed by atoms with van der Waals surface area (Å²) in [6, 6.07) is 10.0. The van der Waals surface area contributed by atoms with E-state index in [-0.39, 0.29) is 17.5 Å². The lowest BCUT2D eigenvalue weighted by Gasteiger charge is -2.24. The van der Waals surface area contributed by atoms with Crippen LogP contribution in [0.15, 0.2) is 42.5 Å². The standard InChI is InChI=1S/C21H22N4O6/c1-13-12-14(5-10-17(13)25(29)30)20(27)24-11-3-4-18(24)19(26)22-15-6-8-16(9-7-15)23-21(28)31-2/h5-10,12,18H,3-4,11H2,1-2H3,(H,22,26)(H,23,28). The van der Waals surface area contributed by atoms with Crippen molar-refractivity contribution < 1.29 is 24.0 Å². The van der Waals surface area contributed by atoms with Gasteiger partial charge in [-0.1, -0.05) is 0 Å². The number of nitrogens with one attached hydrogen (secondary N) is 2. The van der Waals surface area contributed by atoms with Crippen LogP contribution in [0.5, 0.6) is 0 Å². The molecule has 10 heteroatoms. The zero-order valence-electron chi connectivity index (χ0n) is 17.1. The van der Waals surface area contributed by atoms with Crippen molar-refractivity contribution in [3.63, 3.8) is 0 Å². The maximum Gasteiger partial charge on any atom is 0.411 e. The van der Waals surface area contributed by atoms with Crippen molar-refractivity contribution in [3.8, 4) is 0 Å². The van der Waals surface area contributed by atoms with Crippen LogP contribution in [0.25, 0.3) is 0 Å². The van der Waals surface area contributed by atoms with E-state index >= 15 is 0 Å². The van der Waals surface area contributed by atoms with Gasteiger partial charge in [0.05, 0.1) is 12.0 Å². The number of nitro benzene ring substituents is 1. The highest BCUT2D eigenvalue weighted by atomic mass is 16.6. The number of methoxy groups -OCH3 is 1. The third-order valence-corrected chi connectivity index (χ3v) is 5.04. The van der Waals surface area contributed by atoms with E-state index in [4.69, 9.17) is 0 Å². The van der Waals surface area contributed by atoms with Crippen LogP contribution in [0.1, 0.15) is 28.8 Å². The number of ether oxygens (including phenoxy) is 1. The van der Waals surface area contributed by atoms with Crippen LogP contribution in [0.2, 0.25) is 0 Å². The number of anilines is 2. The summed E-state index contributed by atoms with van der Waals surface area (Å²) in [7, 11) is 1.26. The topological polar surface area (TPSA) is 131 Å². The lowest BCUT2D eigenvalue weighted by molar-refractivity contribution is -0.385. The smallest absolute Gasteiger partial charge is 0.411 e. The molecule has 1 aliphatic heterocycles. The third kappa shape index (κ3) is 4.97. The van der Waals surface area contributed by atoms with E-state index in [0.717, 1.165) is 0 Å². The molecule has 162 valence electrons. The molecule has 1 fully saturated rings. The first-order valence-corrected chi connectivity index (χ1v) is 9.62. The molecule has 3 amide bonds. The monoisotopic (exact) mass is 426 g/mol. The van der Waals surface area contributed by atoms with Crippen molar-refractivity contribution in [1.82, 2.24) is 4.90 Å². The van der Waals surface area contributed by atoms with Gasteiger partial charge in [0.1, 0.15) is 6.04 Å². The quantitative estimate of drug-likeness (QED) is 0.557. The molecule has 0 aliphatic carbocycles. The molecule has 2 aromatic rings. The van der Waals surface area contributed by atoms with Gasteiger partial charge in [-0.2, -0.15) is 0 Å². The van der Waals surface area contributed by atoms with Gasteiger partial charge < -0.3 is 15.0 Å². The summed E-state index contributed by atoms with van der Waals surface area (Å²) in [4.78, 5) is 49.0. The zero-order chi connectivity index (χ0) is 22.5. The third-order valence-electron chi connectivity index (χ3n) is 5.04. The second kappa shape index (κ2) is 9.24. The largest absolute Gasteiger partial charge is 0.453 e. The fourth-order valence-electron chi connectivity index (χ4n) is 3.47. The highest BCUT2D eigenvalue weighted by Gasteiger charge is 2.35. The number of carbonyl (C=O) groups is 3. The maximum atomic E-state index is 12.9. The number of aryl methyl sites for hydroxylation is 1. The van der Waals surface area contributed by atoms with E-state index in [1.807, 2.05) is 0 Å². The molecular weight excluding hydrogens is 404 g/mol. The van der Waals surface area contributed by atoms with E-state index in [2.05, 4.69) is 15.4 Å². The molecule has 0 saturated carbocycles. The minimum Gasteiger partial charge on any atom is -0.453 e. The van der Waals surface area contributed by atoms with Crippen molar-refractivity contribution >= 4 is 35.0 Å². The molecule has 1 heterocycles. The van der Waals surface area contributed by atoms with E-state index < -0.39 is 17.1 Å². The Balaban J connectivity index is 1.69. The highest BCUT2D eigenvalue weighted by Crippen LogP contribution is 2.25. The van der Waals surface area contributed by atoms with Crippen LogP contribution in [0, 0.1) is 17.0 Å². The molecule has 31 heavy (non-hydrogen) atoms. The van der Waals surface area contributed by atoms with Crippen LogP contribution in [-0.4, -0.2) is 47.4 Å². The predicted octanol–water partition coefficient (Wildman–Crippen LogP) is 3.32.